The molecular formula is C25H22N2O6S2. The second-order valence-electron chi connectivity index (χ2n) is 7.94. The van der Waals surface area contributed by atoms with Gasteiger partial charge in [0.25, 0.3) is 5.91 Å². The number of thioether (sulfide) groups is 1. The van der Waals surface area contributed by atoms with Crippen LogP contribution in [0.4, 0.5) is 0 Å². The summed E-state index contributed by atoms with van der Waals surface area (Å²) in [6.07, 6.45) is 1.73. The van der Waals surface area contributed by atoms with E-state index in [1.54, 1.807) is 43.5 Å². The van der Waals surface area contributed by atoms with E-state index in [0.29, 0.717) is 22.8 Å². The van der Waals surface area contributed by atoms with Crippen molar-refractivity contribution in [1.82, 2.24) is 10.2 Å². The van der Waals surface area contributed by atoms with Crippen molar-refractivity contribution in [2.24, 2.45) is 0 Å². The van der Waals surface area contributed by atoms with Crippen LogP contribution in [0.25, 0.3) is 5.57 Å². The Morgan fingerprint density at radius 2 is 2.00 bits per heavy atom. The second kappa shape index (κ2) is 10.0. The molecule has 0 radical (unpaired) electrons. The Kier molecular flexibility index (Phi) is 6.65. The number of nitrogens with zero attached hydrogens (tertiary/aromatic N) is 1. The highest BCUT2D eigenvalue weighted by Crippen LogP contribution is 2.43. The first-order chi connectivity index (χ1) is 17.0. The Labute approximate surface area is 209 Å². The van der Waals surface area contributed by atoms with E-state index < -0.39 is 17.4 Å². The lowest BCUT2D eigenvalue weighted by Crippen LogP contribution is -2.70. The van der Waals surface area contributed by atoms with Crippen LogP contribution in [0, 0.1) is 0 Å². The molecule has 2 aliphatic heterocycles. The van der Waals surface area contributed by atoms with Crippen molar-refractivity contribution in [2.75, 3.05) is 12.9 Å². The fourth-order valence-electron chi connectivity index (χ4n) is 3.98. The third-order valence-electron chi connectivity index (χ3n) is 5.74. The molecule has 0 saturated carbocycles. The van der Waals surface area contributed by atoms with Gasteiger partial charge in [-0.1, -0.05) is 18.2 Å². The summed E-state index contributed by atoms with van der Waals surface area (Å²) in [6.45, 7) is 0.0403. The smallest absolute Gasteiger partial charge is 0.355 e. The van der Waals surface area contributed by atoms with Gasteiger partial charge in [0.1, 0.15) is 35.2 Å². The Balaban J connectivity index is 1.33. The lowest BCUT2D eigenvalue weighted by atomic mass is 10.0. The fraction of sp³-hybridized carbons (Fsp3) is 0.240. The molecule has 0 bridgehead atoms. The molecule has 1 fully saturated rings. The molecule has 35 heavy (non-hydrogen) atoms. The van der Waals surface area contributed by atoms with Crippen molar-refractivity contribution < 1.29 is 28.3 Å². The Bertz CT molecular complexity index is 1250. The number of β-lactam (4-membered cyclic amide) rings is 1. The Hall–Kier alpha value is -3.50. The van der Waals surface area contributed by atoms with E-state index in [1.807, 2.05) is 17.5 Å². The zero-order valence-corrected chi connectivity index (χ0v) is 20.4. The summed E-state index contributed by atoms with van der Waals surface area (Å²) in [5, 5.41) is 4.34. The molecule has 10 heteroatoms. The number of esters is 1. The van der Waals surface area contributed by atoms with Crippen molar-refractivity contribution in [3.8, 4) is 5.75 Å². The van der Waals surface area contributed by atoms with Gasteiger partial charge in [0.15, 0.2) is 0 Å². The number of hydrogen-bond donors (Lipinski definition) is 1. The summed E-state index contributed by atoms with van der Waals surface area (Å²) in [7, 11) is 1.58. The van der Waals surface area contributed by atoms with Gasteiger partial charge in [-0.05, 0) is 41.3 Å². The number of carbonyl (C=O) groups is 3. The lowest BCUT2D eigenvalue weighted by molar-refractivity contribution is -0.153. The number of carbonyl (C=O) groups excluding carboxylic acids is 3. The molecule has 8 nitrogen and oxygen atoms in total. The highest BCUT2D eigenvalue weighted by Gasteiger charge is 2.54. The topological polar surface area (TPSA) is 98.1 Å². The SMILES string of the molecule is COc1ccc(COC(=O)C2=C(c3ccco3)CS[C@@H]3[C@H](NC(=O)Cc4cccs4)C(=O)N23)cc1. The molecule has 5 rings (SSSR count). The summed E-state index contributed by atoms with van der Waals surface area (Å²) >= 11 is 2.96. The minimum atomic E-state index is -0.699. The van der Waals surface area contributed by atoms with Crippen molar-refractivity contribution >= 4 is 46.5 Å². The van der Waals surface area contributed by atoms with Crippen LogP contribution in [-0.2, 0) is 32.1 Å². The molecule has 2 aromatic heterocycles. The highest BCUT2D eigenvalue weighted by molar-refractivity contribution is 8.00. The minimum absolute atomic E-state index is 0.0403. The van der Waals surface area contributed by atoms with Crippen LogP contribution in [0.2, 0.25) is 0 Å². The molecule has 3 aromatic rings. The zero-order chi connectivity index (χ0) is 24.4. The number of amides is 2. The molecule has 1 N–H and O–H groups in total. The molecule has 2 atom stereocenters. The summed E-state index contributed by atoms with van der Waals surface area (Å²) in [6, 6.07) is 13.7. The molecule has 1 saturated heterocycles. The van der Waals surface area contributed by atoms with E-state index in [9.17, 15) is 14.4 Å². The van der Waals surface area contributed by atoms with Crippen molar-refractivity contribution in [1.29, 1.82) is 0 Å². The lowest BCUT2D eigenvalue weighted by Gasteiger charge is -2.49. The summed E-state index contributed by atoms with van der Waals surface area (Å²) < 4.78 is 16.3. The van der Waals surface area contributed by atoms with Crippen LogP contribution in [0.15, 0.2) is 70.3 Å². The van der Waals surface area contributed by atoms with E-state index in [1.165, 1.54) is 34.3 Å². The van der Waals surface area contributed by atoms with Gasteiger partial charge >= 0.3 is 5.97 Å². The van der Waals surface area contributed by atoms with Crippen LogP contribution in [0.1, 0.15) is 16.2 Å². The van der Waals surface area contributed by atoms with Gasteiger partial charge in [-0.3, -0.25) is 14.5 Å². The standard InChI is InChI=1S/C25H22N2O6S2/c1-31-16-8-6-15(7-9-16)13-33-25(30)22-18(19-5-2-10-32-19)14-35-24-21(23(29)27(22)24)26-20(28)12-17-4-3-11-34-17/h2-11,21,24H,12-14H2,1H3,(H,26,28)/t21-,24-/m1/s1. The van der Waals surface area contributed by atoms with Gasteiger partial charge < -0.3 is 19.2 Å². The summed E-state index contributed by atoms with van der Waals surface area (Å²) in [5.74, 6) is 0.456. The third-order valence-corrected chi connectivity index (χ3v) is 7.90. The Morgan fingerprint density at radius 1 is 1.17 bits per heavy atom. The molecule has 2 amide bonds. The molecule has 1 aromatic carbocycles. The van der Waals surface area contributed by atoms with Crippen LogP contribution in [-0.4, -0.2) is 47.0 Å². The highest BCUT2D eigenvalue weighted by atomic mass is 32.2. The molecular weight excluding hydrogens is 488 g/mol. The first kappa shape index (κ1) is 23.3. The predicted molar refractivity (Wildman–Crippen MR) is 131 cm³/mol. The number of methoxy groups -OCH3 is 1. The molecule has 2 aliphatic rings. The normalized spacial score (nSPS) is 19.1. The number of ether oxygens (including phenoxy) is 2. The van der Waals surface area contributed by atoms with Gasteiger partial charge in [-0.15, -0.1) is 23.1 Å². The van der Waals surface area contributed by atoms with E-state index >= 15 is 0 Å². The van der Waals surface area contributed by atoms with Crippen LogP contribution >= 0.6 is 23.1 Å². The average molecular weight is 511 g/mol. The maximum Gasteiger partial charge on any atom is 0.355 e. The molecule has 4 heterocycles. The zero-order valence-electron chi connectivity index (χ0n) is 18.8. The largest absolute Gasteiger partial charge is 0.497 e. The van der Waals surface area contributed by atoms with Crippen LogP contribution in [0.5, 0.6) is 5.75 Å². The summed E-state index contributed by atoms with van der Waals surface area (Å²) in [4.78, 5) is 41.2. The maximum atomic E-state index is 13.2. The quantitative estimate of drug-likeness (QED) is 0.366. The van der Waals surface area contributed by atoms with Crippen LogP contribution < -0.4 is 10.1 Å². The minimum Gasteiger partial charge on any atom is -0.497 e. The van der Waals surface area contributed by atoms with Gasteiger partial charge in [-0.25, -0.2) is 4.79 Å². The van der Waals surface area contributed by atoms with E-state index in [-0.39, 0.29) is 30.5 Å². The van der Waals surface area contributed by atoms with Crippen molar-refractivity contribution in [3.63, 3.8) is 0 Å². The summed E-state index contributed by atoms with van der Waals surface area (Å²) in [5.41, 5.74) is 1.54. The number of thiophene rings is 1. The second-order valence-corrected chi connectivity index (χ2v) is 10.1. The number of nitrogens with one attached hydrogen (secondary N) is 1. The Morgan fingerprint density at radius 3 is 2.69 bits per heavy atom. The number of fused-ring (bicyclic) bond motifs is 1. The number of rotatable bonds is 8. The number of benzene rings is 1. The molecule has 0 aliphatic carbocycles. The van der Waals surface area contributed by atoms with Gasteiger partial charge in [0.2, 0.25) is 5.91 Å². The van der Waals surface area contributed by atoms with E-state index in [2.05, 4.69) is 5.32 Å². The van der Waals surface area contributed by atoms with Crippen LogP contribution in [0.3, 0.4) is 0 Å². The van der Waals surface area contributed by atoms with Gasteiger partial charge in [0.05, 0.1) is 19.8 Å². The average Bonchev–Trinajstić information content (AvgIpc) is 3.60. The van der Waals surface area contributed by atoms with Gasteiger partial charge in [-0.2, -0.15) is 0 Å². The third kappa shape index (κ3) is 4.71. The first-order valence-corrected chi connectivity index (χ1v) is 12.8. The van der Waals surface area contributed by atoms with Gasteiger partial charge in [0, 0.05) is 16.2 Å². The van der Waals surface area contributed by atoms with E-state index in [4.69, 9.17) is 13.9 Å². The molecule has 0 spiro atoms. The first-order valence-electron chi connectivity index (χ1n) is 10.9. The number of furan rings is 1. The van der Waals surface area contributed by atoms with Crippen molar-refractivity contribution in [3.05, 3.63) is 82.1 Å². The maximum absolute atomic E-state index is 13.2. The number of hydrogen-bond acceptors (Lipinski definition) is 8. The molecule has 0 unspecified atom stereocenters. The fourth-order valence-corrected chi connectivity index (χ4v) is 6.04. The van der Waals surface area contributed by atoms with E-state index in [0.717, 1.165) is 10.4 Å². The predicted octanol–water partition coefficient (Wildman–Crippen LogP) is 3.45. The van der Waals surface area contributed by atoms with Crippen molar-refractivity contribution in [2.45, 2.75) is 24.4 Å². The monoisotopic (exact) mass is 510 g/mol. The molecule has 180 valence electrons.